The van der Waals surface area contributed by atoms with Crippen LogP contribution in [0, 0.1) is 11.3 Å². The van der Waals surface area contributed by atoms with Gasteiger partial charge in [0.1, 0.15) is 5.54 Å². The second kappa shape index (κ2) is 5.60. The summed E-state index contributed by atoms with van der Waals surface area (Å²) in [4.78, 5) is 12.1. The van der Waals surface area contributed by atoms with Crippen LogP contribution in [0.4, 0.5) is 0 Å². The Morgan fingerprint density at radius 1 is 1.28 bits per heavy atom. The number of carbonyl (C=O) groups excluding carboxylic acids is 1. The van der Waals surface area contributed by atoms with Crippen LogP contribution in [0.5, 0.6) is 0 Å². The summed E-state index contributed by atoms with van der Waals surface area (Å²) in [6.45, 7) is 11.0. The molecule has 1 rings (SSSR count). The van der Waals surface area contributed by atoms with Crippen LogP contribution < -0.4 is 5.32 Å². The van der Waals surface area contributed by atoms with E-state index in [-0.39, 0.29) is 5.97 Å². The Kier molecular flexibility index (Phi) is 4.82. The van der Waals surface area contributed by atoms with E-state index in [1.807, 2.05) is 0 Å². The van der Waals surface area contributed by atoms with Gasteiger partial charge in [0.05, 0.1) is 7.11 Å². The SMILES string of the molecule is COC(=O)C1(NC(C)C)CCC(C(C)(C)C)CC1. The van der Waals surface area contributed by atoms with Gasteiger partial charge in [0.15, 0.2) is 0 Å². The lowest BCUT2D eigenvalue weighted by Gasteiger charge is -2.43. The minimum Gasteiger partial charge on any atom is -0.468 e. The molecule has 18 heavy (non-hydrogen) atoms. The molecule has 0 unspecified atom stereocenters. The molecule has 0 saturated heterocycles. The normalized spacial score (nSPS) is 29.4. The van der Waals surface area contributed by atoms with Crippen molar-refractivity contribution in [1.29, 1.82) is 0 Å². The molecule has 0 spiro atoms. The van der Waals surface area contributed by atoms with E-state index in [0.717, 1.165) is 25.7 Å². The van der Waals surface area contributed by atoms with Gasteiger partial charge < -0.3 is 4.74 Å². The molecule has 1 fully saturated rings. The Labute approximate surface area is 112 Å². The monoisotopic (exact) mass is 255 g/mol. The molecule has 3 nitrogen and oxygen atoms in total. The fraction of sp³-hybridized carbons (Fsp3) is 0.933. The number of esters is 1. The number of nitrogens with one attached hydrogen (secondary N) is 1. The third kappa shape index (κ3) is 3.47. The van der Waals surface area contributed by atoms with E-state index in [4.69, 9.17) is 4.74 Å². The maximum Gasteiger partial charge on any atom is 0.326 e. The average Bonchev–Trinajstić information content (AvgIpc) is 2.26. The minimum absolute atomic E-state index is 0.0939. The van der Waals surface area contributed by atoms with Gasteiger partial charge in [-0.15, -0.1) is 0 Å². The fourth-order valence-electron chi connectivity index (χ4n) is 3.13. The van der Waals surface area contributed by atoms with Gasteiger partial charge in [-0.05, 0) is 50.9 Å². The number of hydrogen-bond acceptors (Lipinski definition) is 3. The summed E-state index contributed by atoms with van der Waals surface area (Å²) in [7, 11) is 1.49. The number of ether oxygens (including phenoxy) is 1. The van der Waals surface area contributed by atoms with Crippen LogP contribution in [-0.2, 0) is 9.53 Å². The molecule has 1 N–H and O–H groups in total. The number of carbonyl (C=O) groups is 1. The Bertz CT molecular complexity index is 283. The second-order valence-electron chi connectivity index (χ2n) is 7.01. The van der Waals surface area contributed by atoms with Crippen molar-refractivity contribution in [2.45, 2.75) is 71.9 Å². The third-order valence-corrected chi connectivity index (χ3v) is 4.20. The molecular formula is C15H29NO2. The van der Waals surface area contributed by atoms with Crippen LogP contribution >= 0.6 is 0 Å². The van der Waals surface area contributed by atoms with Crippen LogP contribution in [0.1, 0.15) is 60.3 Å². The smallest absolute Gasteiger partial charge is 0.326 e. The fourth-order valence-corrected chi connectivity index (χ4v) is 3.13. The van der Waals surface area contributed by atoms with Gasteiger partial charge in [0.2, 0.25) is 0 Å². The highest BCUT2D eigenvalue weighted by atomic mass is 16.5. The Hall–Kier alpha value is -0.570. The summed E-state index contributed by atoms with van der Waals surface area (Å²) in [5.41, 5.74) is -0.120. The molecule has 1 saturated carbocycles. The summed E-state index contributed by atoms with van der Waals surface area (Å²) in [6.07, 6.45) is 3.97. The zero-order chi connectivity index (χ0) is 14.0. The predicted octanol–water partition coefficient (Wildman–Crippen LogP) is 3.13. The van der Waals surface area contributed by atoms with Crippen molar-refractivity contribution in [3.8, 4) is 0 Å². The first kappa shape index (κ1) is 15.5. The van der Waals surface area contributed by atoms with Crippen LogP contribution in [0.25, 0.3) is 0 Å². The Balaban J connectivity index is 2.76. The van der Waals surface area contributed by atoms with Gasteiger partial charge in [0.25, 0.3) is 0 Å². The number of hydrogen-bond donors (Lipinski definition) is 1. The van der Waals surface area contributed by atoms with Crippen molar-refractivity contribution in [3.63, 3.8) is 0 Å². The maximum atomic E-state index is 12.1. The highest BCUT2D eigenvalue weighted by molar-refractivity contribution is 5.81. The van der Waals surface area contributed by atoms with E-state index in [1.54, 1.807) is 0 Å². The van der Waals surface area contributed by atoms with Crippen molar-refractivity contribution >= 4 is 5.97 Å². The summed E-state index contributed by atoms with van der Waals surface area (Å²) in [6, 6.07) is 0.301. The van der Waals surface area contributed by atoms with E-state index in [2.05, 4.69) is 39.9 Å². The zero-order valence-corrected chi connectivity index (χ0v) is 12.8. The van der Waals surface area contributed by atoms with Gasteiger partial charge >= 0.3 is 5.97 Å². The van der Waals surface area contributed by atoms with Crippen molar-refractivity contribution in [2.24, 2.45) is 11.3 Å². The predicted molar refractivity (Wildman–Crippen MR) is 74.4 cm³/mol. The van der Waals surface area contributed by atoms with Crippen LogP contribution in [-0.4, -0.2) is 24.7 Å². The number of rotatable bonds is 3. The quantitative estimate of drug-likeness (QED) is 0.787. The molecule has 0 heterocycles. The summed E-state index contributed by atoms with van der Waals surface area (Å²) in [5, 5.41) is 3.44. The maximum absolute atomic E-state index is 12.1. The molecule has 3 heteroatoms. The third-order valence-electron chi connectivity index (χ3n) is 4.20. The van der Waals surface area contributed by atoms with Gasteiger partial charge in [-0.1, -0.05) is 20.8 Å². The molecule has 0 aromatic rings. The minimum atomic E-state index is -0.454. The molecule has 0 atom stereocenters. The Morgan fingerprint density at radius 3 is 2.11 bits per heavy atom. The molecule has 0 aromatic carbocycles. The lowest BCUT2D eigenvalue weighted by molar-refractivity contribution is -0.151. The molecule has 0 amide bonds. The highest BCUT2D eigenvalue weighted by Crippen LogP contribution is 2.42. The molecule has 0 aromatic heterocycles. The topological polar surface area (TPSA) is 38.3 Å². The van der Waals surface area contributed by atoms with Gasteiger partial charge in [-0.2, -0.15) is 0 Å². The molecule has 1 aliphatic rings. The van der Waals surface area contributed by atoms with Crippen molar-refractivity contribution in [2.75, 3.05) is 7.11 Å². The van der Waals surface area contributed by atoms with Crippen LogP contribution in [0.2, 0.25) is 0 Å². The standard InChI is InChI=1S/C15H29NO2/c1-11(2)16-15(13(17)18-6)9-7-12(8-10-15)14(3,4)5/h11-12,16H,7-10H2,1-6H3. The molecule has 0 bridgehead atoms. The van der Waals surface area contributed by atoms with Gasteiger partial charge in [-0.3, -0.25) is 10.1 Å². The van der Waals surface area contributed by atoms with Crippen LogP contribution in [0.3, 0.4) is 0 Å². The lowest BCUT2D eigenvalue weighted by Crippen LogP contribution is -2.57. The van der Waals surface area contributed by atoms with E-state index in [1.165, 1.54) is 7.11 Å². The van der Waals surface area contributed by atoms with Crippen molar-refractivity contribution in [1.82, 2.24) is 5.32 Å². The highest BCUT2D eigenvalue weighted by Gasteiger charge is 2.44. The second-order valence-corrected chi connectivity index (χ2v) is 7.01. The molecule has 0 radical (unpaired) electrons. The molecule has 106 valence electrons. The van der Waals surface area contributed by atoms with Crippen LogP contribution in [0.15, 0.2) is 0 Å². The molecule has 1 aliphatic carbocycles. The zero-order valence-electron chi connectivity index (χ0n) is 12.8. The van der Waals surface area contributed by atoms with E-state index < -0.39 is 5.54 Å². The average molecular weight is 255 g/mol. The van der Waals surface area contributed by atoms with Gasteiger partial charge in [0, 0.05) is 6.04 Å². The summed E-state index contributed by atoms with van der Waals surface area (Å²) < 4.78 is 5.01. The van der Waals surface area contributed by atoms with Crippen molar-refractivity contribution in [3.05, 3.63) is 0 Å². The van der Waals surface area contributed by atoms with E-state index in [9.17, 15) is 4.79 Å². The first-order valence-corrected chi connectivity index (χ1v) is 7.07. The Morgan fingerprint density at radius 2 is 1.78 bits per heavy atom. The first-order valence-electron chi connectivity index (χ1n) is 7.07. The van der Waals surface area contributed by atoms with Crippen molar-refractivity contribution < 1.29 is 9.53 Å². The molecular weight excluding hydrogens is 226 g/mol. The largest absolute Gasteiger partial charge is 0.468 e. The summed E-state index contributed by atoms with van der Waals surface area (Å²) in [5.74, 6) is 0.604. The van der Waals surface area contributed by atoms with Gasteiger partial charge in [-0.25, -0.2) is 0 Å². The lowest BCUT2D eigenvalue weighted by atomic mass is 9.67. The van der Waals surface area contributed by atoms with E-state index in [0.29, 0.717) is 17.4 Å². The molecule has 0 aliphatic heterocycles. The van der Waals surface area contributed by atoms with E-state index >= 15 is 0 Å². The summed E-state index contributed by atoms with van der Waals surface area (Å²) >= 11 is 0. The number of methoxy groups -OCH3 is 1. The first-order chi connectivity index (χ1) is 8.21.